The second kappa shape index (κ2) is 13.4. The van der Waals surface area contributed by atoms with Gasteiger partial charge in [0.1, 0.15) is 5.60 Å². The molecule has 0 spiro atoms. The summed E-state index contributed by atoms with van der Waals surface area (Å²) in [5.41, 5.74) is 2.86. The monoisotopic (exact) mass is 660 g/mol. The molecular formula is C35H41ClN6O5. The summed E-state index contributed by atoms with van der Waals surface area (Å²) in [6, 6.07) is 13.1. The molecule has 0 radical (unpaired) electrons. The van der Waals surface area contributed by atoms with Gasteiger partial charge in [-0.1, -0.05) is 23.7 Å². The van der Waals surface area contributed by atoms with Crippen LogP contribution in [0.4, 0.5) is 4.79 Å². The maximum Gasteiger partial charge on any atom is 0.410 e. The number of halogens is 1. The van der Waals surface area contributed by atoms with E-state index in [1.54, 1.807) is 40.9 Å². The molecule has 1 aliphatic carbocycles. The van der Waals surface area contributed by atoms with Crippen LogP contribution in [0.15, 0.2) is 59.7 Å². The second-order valence-electron chi connectivity index (χ2n) is 13.6. The van der Waals surface area contributed by atoms with Crippen molar-refractivity contribution >= 4 is 34.6 Å². The fourth-order valence-electron chi connectivity index (χ4n) is 6.33. The highest BCUT2D eigenvalue weighted by Gasteiger charge is 2.34. The van der Waals surface area contributed by atoms with E-state index in [2.05, 4.69) is 15.3 Å². The molecule has 4 heterocycles. The van der Waals surface area contributed by atoms with Gasteiger partial charge in [0.2, 0.25) is 5.88 Å². The van der Waals surface area contributed by atoms with Gasteiger partial charge < -0.3 is 19.7 Å². The number of fused-ring (bicyclic) bond motifs is 1. The Bertz CT molecular complexity index is 1810. The predicted octanol–water partition coefficient (Wildman–Crippen LogP) is 5.78. The van der Waals surface area contributed by atoms with Crippen LogP contribution in [0.5, 0.6) is 5.88 Å². The number of aromatic nitrogens is 4. The average Bonchev–Trinajstić information content (AvgIpc) is 3.28. The zero-order valence-electron chi connectivity index (χ0n) is 27.2. The number of aryl methyl sites for hydroxylation is 1. The number of rotatable bonds is 8. The van der Waals surface area contributed by atoms with E-state index in [1.807, 2.05) is 55.7 Å². The van der Waals surface area contributed by atoms with Crippen molar-refractivity contribution in [3.05, 3.63) is 81.6 Å². The van der Waals surface area contributed by atoms with Crippen molar-refractivity contribution in [2.75, 3.05) is 19.7 Å². The van der Waals surface area contributed by atoms with Gasteiger partial charge in [0.05, 0.1) is 45.8 Å². The Morgan fingerprint density at radius 2 is 1.70 bits per heavy atom. The van der Waals surface area contributed by atoms with Gasteiger partial charge in [-0.3, -0.25) is 18.9 Å². The summed E-state index contributed by atoms with van der Waals surface area (Å²) < 4.78 is 14.9. The average molecular weight is 661 g/mol. The van der Waals surface area contributed by atoms with E-state index in [0.717, 1.165) is 36.7 Å². The number of imidazole rings is 1. The third-order valence-electron chi connectivity index (χ3n) is 8.81. The molecule has 47 heavy (non-hydrogen) atoms. The molecule has 248 valence electrons. The van der Waals surface area contributed by atoms with Crippen molar-refractivity contribution in [1.29, 1.82) is 0 Å². The minimum atomic E-state index is -0.519. The standard InChI is InChI=1S/C35H41ClN6O5/c1-22-28(15-25(36)16-37-22)32(43)39-26-11-9-23(10-12-26)20-41-29-7-5-6-8-30(29)42(33(41)44)27-13-14-31(38-17-27)46-21-24-18-40(19-24)34(45)47-35(2,3)4/h5-8,13-17,23-24,26H,9-12,18-21H2,1-4H3,(H,39,43). The van der Waals surface area contributed by atoms with Crippen LogP contribution in [0.25, 0.3) is 16.7 Å². The number of likely N-dealkylation sites (tertiary alicyclic amines) is 1. The molecule has 2 amide bonds. The fourth-order valence-corrected chi connectivity index (χ4v) is 6.48. The number of nitrogens with one attached hydrogen (secondary N) is 1. The Morgan fingerprint density at radius 1 is 0.979 bits per heavy atom. The smallest absolute Gasteiger partial charge is 0.410 e. The lowest BCUT2D eigenvalue weighted by Crippen LogP contribution is -2.53. The summed E-state index contributed by atoms with van der Waals surface area (Å²) in [7, 11) is 0. The number of carbonyl (C=O) groups excluding carboxylic acids is 2. The summed E-state index contributed by atoms with van der Waals surface area (Å²) >= 11 is 6.06. The van der Waals surface area contributed by atoms with Gasteiger partial charge in [0.25, 0.3) is 5.91 Å². The molecule has 6 rings (SSSR count). The largest absolute Gasteiger partial charge is 0.477 e. The Morgan fingerprint density at radius 3 is 2.38 bits per heavy atom. The molecule has 12 heteroatoms. The Labute approximate surface area is 278 Å². The molecule has 0 unspecified atom stereocenters. The number of amides is 2. The molecule has 3 aromatic heterocycles. The van der Waals surface area contributed by atoms with Gasteiger partial charge >= 0.3 is 11.8 Å². The summed E-state index contributed by atoms with van der Waals surface area (Å²) in [6.07, 6.45) is 6.36. The predicted molar refractivity (Wildman–Crippen MR) is 179 cm³/mol. The molecule has 0 bridgehead atoms. The number of hydrogen-bond donors (Lipinski definition) is 1. The van der Waals surface area contributed by atoms with Crippen molar-refractivity contribution in [1.82, 2.24) is 29.3 Å². The van der Waals surface area contributed by atoms with Crippen molar-refractivity contribution in [3.63, 3.8) is 0 Å². The number of pyridine rings is 2. The van der Waals surface area contributed by atoms with Crippen molar-refractivity contribution in [2.24, 2.45) is 11.8 Å². The van der Waals surface area contributed by atoms with Crippen molar-refractivity contribution in [3.8, 4) is 11.6 Å². The van der Waals surface area contributed by atoms with E-state index in [9.17, 15) is 14.4 Å². The second-order valence-corrected chi connectivity index (χ2v) is 14.0. The van der Waals surface area contributed by atoms with E-state index in [4.69, 9.17) is 21.1 Å². The molecule has 2 fully saturated rings. The number of carbonyl (C=O) groups is 2. The Balaban J connectivity index is 1.06. The van der Waals surface area contributed by atoms with Crippen LogP contribution in [0.2, 0.25) is 5.02 Å². The van der Waals surface area contributed by atoms with Gasteiger partial charge in [-0.25, -0.2) is 14.6 Å². The minimum Gasteiger partial charge on any atom is -0.477 e. The maximum absolute atomic E-state index is 13.9. The van der Waals surface area contributed by atoms with Crippen LogP contribution in [-0.2, 0) is 11.3 Å². The van der Waals surface area contributed by atoms with Crippen LogP contribution in [0, 0.1) is 18.8 Å². The van der Waals surface area contributed by atoms with E-state index in [-0.39, 0.29) is 29.6 Å². The zero-order valence-corrected chi connectivity index (χ0v) is 28.0. The van der Waals surface area contributed by atoms with Gasteiger partial charge in [-0.2, -0.15) is 0 Å². The molecular weight excluding hydrogens is 620 g/mol. The molecule has 1 aliphatic heterocycles. The van der Waals surface area contributed by atoms with Crippen LogP contribution in [-0.4, -0.2) is 67.3 Å². The van der Waals surface area contributed by atoms with Gasteiger partial charge in [-0.15, -0.1) is 0 Å². The minimum absolute atomic E-state index is 0.0650. The third kappa shape index (κ3) is 7.45. The van der Waals surface area contributed by atoms with E-state index >= 15 is 0 Å². The highest BCUT2D eigenvalue weighted by molar-refractivity contribution is 6.30. The van der Waals surface area contributed by atoms with Crippen LogP contribution in [0.1, 0.15) is 62.5 Å². The molecule has 11 nitrogen and oxygen atoms in total. The highest BCUT2D eigenvalue weighted by atomic mass is 35.5. The summed E-state index contributed by atoms with van der Waals surface area (Å²) in [4.78, 5) is 49.3. The van der Waals surface area contributed by atoms with Crippen LogP contribution >= 0.6 is 11.6 Å². The lowest BCUT2D eigenvalue weighted by molar-refractivity contribution is -0.00808. The zero-order chi connectivity index (χ0) is 33.3. The van der Waals surface area contributed by atoms with Crippen molar-refractivity contribution < 1.29 is 19.1 Å². The molecule has 2 aliphatic rings. The Kier molecular flexibility index (Phi) is 9.27. The van der Waals surface area contributed by atoms with Crippen molar-refractivity contribution in [2.45, 2.75) is 71.6 Å². The number of hydrogen-bond acceptors (Lipinski definition) is 7. The first kappa shape index (κ1) is 32.6. The third-order valence-corrected chi connectivity index (χ3v) is 9.02. The first-order valence-corrected chi connectivity index (χ1v) is 16.5. The number of nitrogens with zero attached hydrogens (tertiary/aromatic N) is 5. The summed E-state index contributed by atoms with van der Waals surface area (Å²) in [5.74, 6) is 0.826. The van der Waals surface area contributed by atoms with Gasteiger partial charge in [0.15, 0.2) is 0 Å². The van der Waals surface area contributed by atoms with E-state index in [1.165, 1.54) is 0 Å². The molecule has 0 atom stereocenters. The normalized spacial score (nSPS) is 18.5. The first-order chi connectivity index (χ1) is 22.4. The van der Waals surface area contributed by atoms with Crippen LogP contribution in [0.3, 0.4) is 0 Å². The first-order valence-electron chi connectivity index (χ1n) is 16.2. The topological polar surface area (TPSA) is 121 Å². The molecule has 1 aromatic carbocycles. The number of para-hydroxylation sites is 2. The van der Waals surface area contributed by atoms with E-state index < -0.39 is 5.60 Å². The Hall–Kier alpha value is -4.38. The van der Waals surface area contributed by atoms with Crippen LogP contribution < -0.4 is 15.7 Å². The SMILES string of the molecule is Cc1ncc(Cl)cc1C(=O)NC1CCC(Cn2c(=O)n(-c3ccc(OCC4CN(C(=O)OC(C)(C)C)C4)nc3)c3ccccc32)CC1. The number of benzene rings is 1. The van der Waals surface area contributed by atoms with E-state index in [0.29, 0.717) is 60.0 Å². The molecule has 1 saturated carbocycles. The number of ether oxygens (including phenoxy) is 2. The fraction of sp³-hybridized carbons (Fsp3) is 0.457. The van der Waals surface area contributed by atoms with Gasteiger partial charge in [0, 0.05) is 43.9 Å². The quantitative estimate of drug-likeness (QED) is 0.254. The molecule has 1 N–H and O–H groups in total. The molecule has 1 saturated heterocycles. The lowest BCUT2D eigenvalue weighted by Gasteiger charge is -2.39. The lowest BCUT2D eigenvalue weighted by atomic mass is 9.85. The van der Waals surface area contributed by atoms with Gasteiger partial charge in [-0.05, 0) is 83.6 Å². The highest BCUT2D eigenvalue weighted by Crippen LogP contribution is 2.28. The summed E-state index contributed by atoms with van der Waals surface area (Å²) in [6.45, 7) is 9.56. The molecule has 4 aromatic rings. The summed E-state index contributed by atoms with van der Waals surface area (Å²) in [5, 5.41) is 3.58. The maximum atomic E-state index is 13.9.